The van der Waals surface area contributed by atoms with Gasteiger partial charge in [-0.05, 0) is 25.1 Å². The highest BCUT2D eigenvalue weighted by Crippen LogP contribution is 2.37. The summed E-state index contributed by atoms with van der Waals surface area (Å²) in [4.78, 5) is 13.5. The lowest BCUT2D eigenvalue weighted by atomic mass is 10.2. The fourth-order valence-electron chi connectivity index (χ4n) is 0.972. The third-order valence-corrected chi connectivity index (χ3v) is 7.54. The number of carboxylic acid groups (broad SMARTS) is 1. The summed E-state index contributed by atoms with van der Waals surface area (Å²) in [6, 6.07) is 0. The van der Waals surface area contributed by atoms with E-state index in [4.69, 9.17) is 15.1 Å². The van der Waals surface area contributed by atoms with Crippen molar-refractivity contribution < 1.29 is 19.1 Å². The molecule has 1 unspecified atom stereocenters. The molecule has 5 nitrogen and oxygen atoms in total. The first-order valence-corrected chi connectivity index (χ1v) is 8.07. The molecule has 0 fully saturated rings. The molecule has 0 spiro atoms. The molecule has 0 saturated carbocycles. The molecule has 0 amide bonds. The lowest BCUT2D eigenvalue weighted by molar-refractivity contribution is -0.135. The largest absolute Gasteiger partial charge is 0.473 e. The van der Waals surface area contributed by atoms with E-state index in [-0.39, 0.29) is 10.7 Å². The Morgan fingerprint density at radius 2 is 1.88 bits per heavy atom. The Morgan fingerprint density at radius 3 is 2.12 bits per heavy atom. The molecule has 0 aliphatic heterocycles. The van der Waals surface area contributed by atoms with Crippen molar-refractivity contribution in [3.05, 3.63) is 5.53 Å². The zero-order chi connectivity index (χ0) is 13.1. The van der Waals surface area contributed by atoms with E-state index in [1.165, 1.54) is 0 Å². The van der Waals surface area contributed by atoms with E-state index in [1.54, 1.807) is 6.92 Å². The van der Waals surface area contributed by atoms with Gasteiger partial charge in [-0.2, -0.15) is 4.79 Å². The molecule has 0 rings (SSSR count). The summed E-state index contributed by atoms with van der Waals surface area (Å²) in [5.41, 5.74) is 8.25. The molecular weight excluding hydrogens is 224 g/mol. The second kappa shape index (κ2) is 4.91. The zero-order valence-electron chi connectivity index (χ0n) is 10.7. The van der Waals surface area contributed by atoms with E-state index < -0.39 is 20.4 Å². The van der Waals surface area contributed by atoms with Crippen LogP contribution in [0.4, 0.5) is 0 Å². The van der Waals surface area contributed by atoms with Gasteiger partial charge in [0.1, 0.15) is 0 Å². The van der Waals surface area contributed by atoms with Gasteiger partial charge in [0.15, 0.2) is 14.4 Å². The monoisotopic (exact) mass is 244 g/mol. The zero-order valence-corrected chi connectivity index (χ0v) is 11.7. The topological polar surface area (TPSA) is 82.9 Å². The highest BCUT2D eigenvalue weighted by molar-refractivity contribution is 6.74. The van der Waals surface area contributed by atoms with Crippen LogP contribution in [0, 0.1) is 0 Å². The minimum atomic E-state index is -2.05. The lowest BCUT2D eigenvalue weighted by Crippen LogP contribution is -2.46. The maximum absolute atomic E-state index is 10.8. The fourth-order valence-corrected chi connectivity index (χ4v) is 2.32. The first-order valence-electron chi connectivity index (χ1n) is 5.16. The van der Waals surface area contributed by atoms with Gasteiger partial charge in [-0.3, -0.25) is 0 Å². The van der Waals surface area contributed by atoms with Crippen molar-refractivity contribution in [1.82, 2.24) is 0 Å². The highest BCUT2D eigenvalue weighted by atomic mass is 28.4. The number of hydrogen-bond acceptors (Lipinski definition) is 2. The molecule has 0 bridgehead atoms. The maximum atomic E-state index is 10.8. The predicted octanol–water partition coefficient (Wildman–Crippen LogP) is 2.15. The van der Waals surface area contributed by atoms with Crippen molar-refractivity contribution in [2.75, 3.05) is 0 Å². The first-order chi connectivity index (χ1) is 7.03. The van der Waals surface area contributed by atoms with E-state index in [9.17, 15) is 4.79 Å². The number of rotatable bonds is 4. The van der Waals surface area contributed by atoms with Gasteiger partial charge in [0, 0.05) is 0 Å². The molecule has 0 aromatic heterocycles. The van der Waals surface area contributed by atoms with E-state index in [2.05, 4.69) is 25.6 Å². The van der Waals surface area contributed by atoms with Crippen molar-refractivity contribution in [2.45, 2.75) is 51.9 Å². The van der Waals surface area contributed by atoms with Gasteiger partial charge in [-0.25, -0.2) is 4.79 Å². The molecule has 92 valence electrons. The Bertz CT molecular complexity index is 327. The summed E-state index contributed by atoms with van der Waals surface area (Å²) >= 11 is 0. The normalized spacial score (nSPS) is 14.1. The van der Waals surface area contributed by atoms with Crippen molar-refractivity contribution in [3.8, 4) is 0 Å². The Kier molecular flexibility index (Phi) is 4.61. The fraction of sp³-hybridized carbons (Fsp3) is 0.800. The molecule has 0 radical (unpaired) electrons. The quantitative estimate of drug-likeness (QED) is 0.356. The minimum absolute atomic E-state index is 0.0136. The van der Waals surface area contributed by atoms with Gasteiger partial charge in [0.25, 0.3) is 0 Å². The Balaban J connectivity index is 4.89. The molecule has 16 heavy (non-hydrogen) atoms. The third-order valence-electron chi connectivity index (χ3n) is 2.99. The van der Waals surface area contributed by atoms with Crippen LogP contribution in [0.1, 0.15) is 27.7 Å². The van der Waals surface area contributed by atoms with Crippen LogP contribution >= 0.6 is 0 Å². The average Bonchev–Trinajstić information content (AvgIpc) is 2.00. The van der Waals surface area contributed by atoms with E-state index in [0.29, 0.717) is 0 Å². The summed E-state index contributed by atoms with van der Waals surface area (Å²) in [6.45, 7) is 11.8. The molecular formula is C10H20N2O3Si. The van der Waals surface area contributed by atoms with Crippen LogP contribution in [0.15, 0.2) is 0 Å². The van der Waals surface area contributed by atoms with Crippen LogP contribution < -0.4 is 0 Å². The summed E-state index contributed by atoms with van der Waals surface area (Å²) in [5, 5.41) is 8.77. The molecule has 0 aliphatic rings. The highest BCUT2D eigenvalue weighted by Gasteiger charge is 2.42. The van der Waals surface area contributed by atoms with Crippen LogP contribution in [-0.2, 0) is 9.22 Å². The molecule has 1 N–H and O–H groups in total. The van der Waals surface area contributed by atoms with Crippen molar-refractivity contribution >= 4 is 20.0 Å². The second-order valence-electron chi connectivity index (χ2n) is 5.31. The van der Waals surface area contributed by atoms with Gasteiger partial charge in [0.05, 0.1) is 0 Å². The predicted molar refractivity (Wildman–Crippen MR) is 64.0 cm³/mol. The van der Waals surface area contributed by atoms with Gasteiger partial charge in [0.2, 0.25) is 0 Å². The van der Waals surface area contributed by atoms with Crippen molar-refractivity contribution in [1.29, 1.82) is 0 Å². The average molecular weight is 244 g/mol. The molecule has 0 aromatic rings. The van der Waals surface area contributed by atoms with Gasteiger partial charge in [-0.15, -0.1) is 0 Å². The molecule has 0 aromatic carbocycles. The van der Waals surface area contributed by atoms with Crippen LogP contribution in [0.3, 0.4) is 0 Å². The SMILES string of the molecule is CC(O[Si](C)(C)C(C)(C)C)C(=[N+]=[N-])C(=O)O. The molecule has 0 heterocycles. The lowest BCUT2D eigenvalue weighted by Gasteiger charge is -2.37. The molecule has 1 atom stereocenters. The number of carboxylic acids is 1. The molecule has 0 saturated heterocycles. The summed E-state index contributed by atoms with van der Waals surface area (Å²) in [5.74, 6) is -1.26. The second-order valence-corrected chi connectivity index (χ2v) is 10.1. The van der Waals surface area contributed by atoms with Crippen LogP contribution in [-0.4, -0.2) is 36.0 Å². The van der Waals surface area contributed by atoms with Crippen LogP contribution in [0.2, 0.25) is 18.1 Å². The van der Waals surface area contributed by atoms with Crippen LogP contribution in [0.25, 0.3) is 5.53 Å². The first kappa shape index (κ1) is 15.0. The molecule has 6 heteroatoms. The van der Waals surface area contributed by atoms with E-state index >= 15 is 0 Å². The Hall–Kier alpha value is -0.973. The van der Waals surface area contributed by atoms with Crippen molar-refractivity contribution in [2.24, 2.45) is 0 Å². The Labute approximate surface area is 97.2 Å². The number of carbonyl (C=O) groups is 1. The van der Waals surface area contributed by atoms with Crippen LogP contribution in [0.5, 0.6) is 0 Å². The smallest absolute Gasteiger partial charge is 0.417 e. The standard InChI is InChI=1S/C10H20N2O3Si/c1-7(8(12-11)9(13)14)15-16(5,6)10(2,3)4/h7H,1-6H3,(H,13,14). The summed E-state index contributed by atoms with van der Waals surface area (Å²) in [7, 11) is -2.05. The Morgan fingerprint density at radius 1 is 1.44 bits per heavy atom. The number of nitrogens with zero attached hydrogens (tertiary/aromatic N) is 2. The molecule has 0 aliphatic carbocycles. The summed E-state index contributed by atoms with van der Waals surface area (Å²) in [6.07, 6.45) is -0.705. The van der Waals surface area contributed by atoms with Gasteiger partial charge < -0.3 is 15.1 Å². The van der Waals surface area contributed by atoms with E-state index in [0.717, 1.165) is 0 Å². The van der Waals surface area contributed by atoms with Gasteiger partial charge >= 0.3 is 11.7 Å². The minimum Gasteiger partial charge on any atom is -0.473 e. The maximum Gasteiger partial charge on any atom is 0.417 e. The number of aliphatic carboxylic acids is 1. The number of hydrogen-bond donors (Lipinski definition) is 1. The summed E-state index contributed by atoms with van der Waals surface area (Å²) < 4.78 is 5.78. The van der Waals surface area contributed by atoms with Crippen molar-refractivity contribution in [3.63, 3.8) is 0 Å². The van der Waals surface area contributed by atoms with E-state index in [1.807, 2.05) is 13.1 Å². The third kappa shape index (κ3) is 3.55. The van der Waals surface area contributed by atoms with Gasteiger partial charge in [-0.1, -0.05) is 20.8 Å².